The Balaban J connectivity index is 1.81. The van der Waals surface area contributed by atoms with Gasteiger partial charge in [0, 0.05) is 6.07 Å². The maximum absolute atomic E-state index is 8.62. The molecule has 0 saturated heterocycles. The maximum Gasteiger partial charge on any atom is 0.131 e. The highest BCUT2D eigenvalue weighted by molar-refractivity contribution is 5.66. The van der Waals surface area contributed by atoms with Gasteiger partial charge in [0.25, 0.3) is 0 Å². The maximum atomic E-state index is 8.62. The average molecular weight is 394 g/mol. The molecule has 0 aromatic heterocycles. The summed E-state index contributed by atoms with van der Waals surface area (Å²) in [5.74, 6) is 2.98. The molecular formula is C24H26O5. The highest BCUT2D eigenvalue weighted by Crippen LogP contribution is 2.31. The molecule has 0 bridgehead atoms. The molecule has 0 radical (unpaired) electrons. The van der Waals surface area contributed by atoms with Crippen LogP contribution in [-0.4, -0.2) is 25.1 Å². The van der Waals surface area contributed by atoms with Crippen LogP contribution < -0.4 is 14.2 Å². The van der Waals surface area contributed by atoms with E-state index in [4.69, 9.17) is 19.5 Å². The predicted octanol–water partition coefficient (Wildman–Crippen LogP) is 5.98. The van der Waals surface area contributed by atoms with Crippen molar-refractivity contribution in [3.63, 3.8) is 0 Å². The van der Waals surface area contributed by atoms with Gasteiger partial charge in [-0.05, 0) is 73.4 Å². The average Bonchev–Trinajstić information content (AvgIpc) is 2.73. The van der Waals surface area contributed by atoms with Crippen LogP contribution in [0.3, 0.4) is 0 Å². The van der Waals surface area contributed by atoms with Gasteiger partial charge >= 0.3 is 0 Å². The van der Waals surface area contributed by atoms with E-state index < -0.39 is 0 Å². The van der Waals surface area contributed by atoms with Crippen molar-refractivity contribution in [3.05, 3.63) is 72.3 Å². The molecule has 0 spiro atoms. The van der Waals surface area contributed by atoms with E-state index >= 15 is 0 Å². The van der Waals surface area contributed by atoms with Gasteiger partial charge in [0.05, 0.1) is 19.8 Å². The number of hydrogen-bond donors (Lipinski definition) is 1. The molecule has 0 unspecified atom stereocenters. The van der Waals surface area contributed by atoms with Crippen LogP contribution in [0.2, 0.25) is 0 Å². The summed E-state index contributed by atoms with van der Waals surface area (Å²) < 4.78 is 17.2. The van der Waals surface area contributed by atoms with Crippen molar-refractivity contribution in [2.24, 2.45) is 0 Å². The minimum absolute atomic E-state index is 0.211. The van der Waals surface area contributed by atoms with Crippen molar-refractivity contribution in [1.82, 2.24) is 0 Å². The molecule has 0 heterocycles. The Labute approximate surface area is 171 Å². The molecule has 3 aromatic rings. The summed E-state index contributed by atoms with van der Waals surface area (Å²) in [5, 5.41) is 8.62. The Hall–Kier alpha value is -3.02. The third-order valence-electron chi connectivity index (χ3n) is 4.30. The van der Waals surface area contributed by atoms with Crippen molar-refractivity contribution in [1.29, 1.82) is 0 Å². The Morgan fingerprint density at radius 3 is 2.14 bits per heavy atom. The van der Waals surface area contributed by atoms with Crippen molar-refractivity contribution in [3.8, 4) is 34.1 Å². The lowest BCUT2D eigenvalue weighted by Gasteiger charge is -2.12. The van der Waals surface area contributed by atoms with Gasteiger partial charge in [-0.1, -0.05) is 24.3 Å². The van der Waals surface area contributed by atoms with Gasteiger partial charge in [0.1, 0.15) is 23.0 Å². The van der Waals surface area contributed by atoms with Gasteiger partial charge in [0.15, 0.2) is 0 Å². The van der Waals surface area contributed by atoms with Crippen LogP contribution in [0.25, 0.3) is 11.1 Å². The van der Waals surface area contributed by atoms with E-state index in [1.165, 1.54) is 0 Å². The van der Waals surface area contributed by atoms with Crippen LogP contribution >= 0.6 is 0 Å². The SMILES string of the molecule is CCOc1ccc(-c2cccc(Oc3cc(CCOO)cc(OCC)c3)c2)cc1. The molecule has 0 aliphatic carbocycles. The number of ether oxygens (including phenoxy) is 3. The minimum Gasteiger partial charge on any atom is -0.494 e. The third-order valence-corrected chi connectivity index (χ3v) is 4.30. The fourth-order valence-electron chi connectivity index (χ4n) is 3.03. The van der Waals surface area contributed by atoms with Crippen molar-refractivity contribution < 1.29 is 24.4 Å². The predicted molar refractivity (Wildman–Crippen MR) is 113 cm³/mol. The molecule has 0 aliphatic rings. The Bertz CT molecular complexity index is 905. The Morgan fingerprint density at radius 2 is 1.41 bits per heavy atom. The summed E-state index contributed by atoms with van der Waals surface area (Å²) in [7, 11) is 0. The zero-order valence-electron chi connectivity index (χ0n) is 16.8. The second kappa shape index (κ2) is 10.5. The van der Waals surface area contributed by atoms with Crippen LogP contribution in [0.1, 0.15) is 19.4 Å². The molecule has 3 rings (SSSR count). The highest BCUT2D eigenvalue weighted by atomic mass is 17.1. The molecule has 0 fully saturated rings. The first kappa shape index (κ1) is 20.7. The summed E-state index contributed by atoms with van der Waals surface area (Å²) in [5.41, 5.74) is 3.10. The van der Waals surface area contributed by atoms with E-state index in [0.29, 0.717) is 25.4 Å². The van der Waals surface area contributed by atoms with E-state index in [9.17, 15) is 0 Å². The van der Waals surface area contributed by atoms with Gasteiger partial charge in [0.2, 0.25) is 0 Å². The minimum atomic E-state index is 0.211. The third kappa shape index (κ3) is 5.98. The lowest BCUT2D eigenvalue weighted by molar-refractivity contribution is -0.241. The van der Waals surface area contributed by atoms with E-state index in [1.54, 1.807) is 0 Å². The smallest absolute Gasteiger partial charge is 0.131 e. The molecule has 3 aromatic carbocycles. The Morgan fingerprint density at radius 1 is 0.690 bits per heavy atom. The molecule has 152 valence electrons. The summed E-state index contributed by atoms with van der Waals surface area (Å²) in [6.07, 6.45) is 0.556. The molecule has 29 heavy (non-hydrogen) atoms. The van der Waals surface area contributed by atoms with Crippen LogP contribution in [-0.2, 0) is 11.3 Å². The quantitative estimate of drug-likeness (QED) is 0.339. The van der Waals surface area contributed by atoms with E-state index in [0.717, 1.165) is 33.9 Å². The summed E-state index contributed by atoms with van der Waals surface area (Å²) in [6.45, 7) is 5.33. The second-order valence-electron chi connectivity index (χ2n) is 6.42. The van der Waals surface area contributed by atoms with Gasteiger partial charge in [-0.15, -0.1) is 0 Å². The topological polar surface area (TPSA) is 57.2 Å². The van der Waals surface area contributed by atoms with Crippen molar-refractivity contribution in [2.75, 3.05) is 19.8 Å². The second-order valence-corrected chi connectivity index (χ2v) is 6.42. The summed E-state index contributed by atoms with van der Waals surface area (Å²) in [6, 6.07) is 21.6. The molecule has 0 atom stereocenters. The van der Waals surface area contributed by atoms with Crippen molar-refractivity contribution in [2.45, 2.75) is 20.3 Å². The summed E-state index contributed by atoms with van der Waals surface area (Å²) in [4.78, 5) is 4.20. The molecule has 0 aliphatic heterocycles. The van der Waals surface area contributed by atoms with Crippen LogP contribution in [0, 0.1) is 0 Å². The van der Waals surface area contributed by atoms with E-state index in [1.807, 2.05) is 80.6 Å². The van der Waals surface area contributed by atoms with E-state index in [2.05, 4.69) is 4.89 Å². The van der Waals surface area contributed by atoms with Gasteiger partial charge in [-0.25, -0.2) is 4.89 Å². The lowest BCUT2D eigenvalue weighted by Crippen LogP contribution is -1.98. The van der Waals surface area contributed by atoms with Gasteiger partial charge < -0.3 is 14.2 Å². The molecule has 5 heteroatoms. The van der Waals surface area contributed by atoms with Crippen molar-refractivity contribution >= 4 is 0 Å². The monoisotopic (exact) mass is 394 g/mol. The normalized spacial score (nSPS) is 10.6. The van der Waals surface area contributed by atoms with Gasteiger partial charge in [-0.2, -0.15) is 0 Å². The van der Waals surface area contributed by atoms with Crippen LogP contribution in [0.5, 0.6) is 23.0 Å². The fourth-order valence-corrected chi connectivity index (χ4v) is 3.03. The fraction of sp³-hybridized carbons (Fsp3) is 0.250. The van der Waals surface area contributed by atoms with E-state index in [-0.39, 0.29) is 6.61 Å². The molecular weight excluding hydrogens is 368 g/mol. The molecule has 5 nitrogen and oxygen atoms in total. The molecule has 0 saturated carbocycles. The first-order valence-corrected chi connectivity index (χ1v) is 9.76. The summed E-state index contributed by atoms with van der Waals surface area (Å²) >= 11 is 0. The largest absolute Gasteiger partial charge is 0.494 e. The first-order chi connectivity index (χ1) is 14.2. The molecule has 1 N–H and O–H groups in total. The zero-order chi connectivity index (χ0) is 20.5. The number of hydrogen-bond acceptors (Lipinski definition) is 5. The van der Waals surface area contributed by atoms with Crippen LogP contribution in [0.15, 0.2) is 66.7 Å². The Kier molecular flexibility index (Phi) is 7.50. The number of benzene rings is 3. The first-order valence-electron chi connectivity index (χ1n) is 9.76. The highest BCUT2D eigenvalue weighted by Gasteiger charge is 2.07. The number of rotatable bonds is 10. The van der Waals surface area contributed by atoms with Crippen LogP contribution in [0.4, 0.5) is 0 Å². The standard InChI is InChI=1S/C24H26O5/c1-3-26-21-10-8-19(9-11-21)20-6-5-7-22(16-20)29-24-15-18(12-13-28-25)14-23(17-24)27-4-2/h5-11,14-17,25H,3-4,12-13H2,1-2H3. The van der Waals surface area contributed by atoms with Gasteiger partial charge in [-0.3, -0.25) is 5.26 Å². The zero-order valence-corrected chi connectivity index (χ0v) is 16.8. The molecule has 0 amide bonds. The lowest BCUT2D eigenvalue weighted by atomic mass is 10.1.